The van der Waals surface area contributed by atoms with Gasteiger partial charge in [0.15, 0.2) is 6.29 Å². The van der Waals surface area contributed by atoms with Gasteiger partial charge in [0.2, 0.25) is 0 Å². The van der Waals surface area contributed by atoms with E-state index in [1.54, 1.807) is 0 Å². The van der Waals surface area contributed by atoms with Gasteiger partial charge < -0.3 is 10.2 Å². The van der Waals surface area contributed by atoms with Crippen LogP contribution in [-0.2, 0) is 5.54 Å². The summed E-state index contributed by atoms with van der Waals surface area (Å²) < 4.78 is 0. The fraction of sp³-hybridized carbons (Fsp3) is 0.0488. The highest BCUT2D eigenvalue weighted by molar-refractivity contribution is 6.20. The Kier molecular flexibility index (Phi) is 4.07. The second-order valence-corrected chi connectivity index (χ2v) is 12.3. The highest BCUT2D eigenvalue weighted by Crippen LogP contribution is 2.70. The molecule has 1 spiro atoms. The number of hydrogen-bond acceptors (Lipinski definition) is 3. The normalized spacial score (nSPS) is 19.5. The van der Waals surface area contributed by atoms with Crippen LogP contribution in [0.3, 0.4) is 0 Å². The van der Waals surface area contributed by atoms with Crippen LogP contribution in [0.1, 0.15) is 27.8 Å². The minimum absolute atomic E-state index is 0.331. The number of benzene rings is 7. The Hall–Kier alpha value is -5.67. The summed E-state index contributed by atoms with van der Waals surface area (Å²) >= 11 is 0. The SMILES string of the molecule is c1ccc(C2=NC(N3c4cccc5ccc6c(c45)C34c3ccccc3-c3cc5ccccc5c-6c34)Nc3ccccc32)cc1. The standard InChI is InChI=1S/C41H25N3/c1-2-11-25(12-3-1)39-29-17-7-9-19-33(29)42-40(43-39)44-34-20-10-14-24-21-22-30-36-27-15-5-4-13-26(27)23-31-28-16-6-8-18-32(28)41(44,38(31)36)37(30)35(24)34/h1-23,40,42H. The van der Waals surface area contributed by atoms with Gasteiger partial charge in [-0.2, -0.15) is 0 Å². The Balaban J connectivity index is 1.30. The van der Waals surface area contributed by atoms with E-state index in [0.717, 1.165) is 22.5 Å². The maximum atomic E-state index is 5.62. The van der Waals surface area contributed by atoms with Crippen molar-refractivity contribution in [2.45, 2.75) is 11.8 Å². The summed E-state index contributed by atoms with van der Waals surface area (Å²) in [6, 6.07) is 51.1. The van der Waals surface area contributed by atoms with Crippen molar-refractivity contribution >= 4 is 38.6 Å². The first kappa shape index (κ1) is 22.9. The second kappa shape index (κ2) is 7.83. The Morgan fingerprint density at radius 1 is 0.591 bits per heavy atom. The van der Waals surface area contributed by atoms with Crippen LogP contribution < -0.4 is 10.2 Å². The van der Waals surface area contributed by atoms with Crippen molar-refractivity contribution in [3.63, 3.8) is 0 Å². The maximum Gasteiger partial charge on any atom is 0.198 e. The molecule has 0 saturated carbocycles. The number of para-hydroxylation sites is 1. The first-order valence-electron chi connectivity index (χ1n) is 15.4. The molecule has 2 atom stereocenters. The molecule has 2 heterocycles. The molecule has 1 N–H and O–H groups in total. The minimum atomic E-state index is -0.501. The Bertz CT molecular complexity index is 2440. The summed E-state index contributed by atoms with van der Waals surface area (Å²) in [4.78, 5) is 8.24. The number of nitrogens with zero attached hydrogens (tertiary/aromatic N) is 2. The lowest BCUT2D eigenvalue weighted by Gasteiger charge is -2.44. The Labute approximate surface area is 254 Å². The molecule has 0 aromatic heterocycles. The summed E-state index contributed by atoms with van der Waals surface area (Å²) in [5.74, 6) is 0. The monoisotopic (exact) mass is 559 g/mol. The predicted molar refractivity (Wildman–Crippen MR) is 181 cm³/mol. The van der Waals surface area contributed by atoms with Gasteiger partial charge in [-0.25, -0.2) is 4.99 Å². The van der Waals surface area contributed by atoms with Gasteiger partial charge in [0.05, 0.1) is 5.71 Å². The van der Waals surface area contributed by atoms with Crippen molar-refractivity contribution in [2.24, 2.45) is 4.99 Å². The first-order valence-corrected chi connectivity index (χ1v) is 15.4. The molecule has 7 aromatic rings. The van der Waals surface area contributed by atoms with Crippen molar-refractivity contribution in [3.05, 3.63) is 167 Å². The van der Waals surface area contributed by atoms with Crippen LogP contribution in [0, 0.1) is 0 Å². The fourth-order valence-electron chi connectivity index (χ4n) is 8.78. The molecule has 11 rings (SSSR count). The average Bonchev–Trinajstić information content (AvgIpc) is 3.67. The molecular weight excluding hydrogens is 534 g/mol. The zero-order chi connectivity index (χ0) is 28.6. The molecule has 2 aliphatic heterocycles. The predicted octanol–water partition coefficient (Wildman–Crippen LogP) is 9.31. The summed E-state index contributed by atoms with van der Waals surface area (Å²) in [6.45, 7) is 0. The number of rotatable bonds is 2. The third kappa shape index (κ3) is 2.51. The summed E-state index contributed by atoms with van der Waals surface area (Å²) in [5, 5.41) is 9.14. The molecule has 4 aliphatic rings. The van der Waals surface area contributed by atoms with Gasteiger partial charge in [0, 0.05) is 39.0 Å². The molecule has 0 fully saturated rings. The van der Waals surface area contributed by atoms with Crippen LogP contribution in [0.4, 0.5) is 11.4 Å². The van der Waals surface area contributed by atoms with Crippen molar-refractivity contribution < 1.29 is 0 Å². The zero-order valence-electron chi connectivity index (χ0n) is 23.8. The molecular formula is C41H25N3. The first-order chi connectivity index (χ1) is 21.8. The van der Waals surface area contributed by atoms with Gasteiger partial charge in [0.1, 0.15) is 5.54 Å². The van der Waals surface area contributed by atoms with E-state index in [4.69, 9.17) is 4.99 Å². The summed E-state index contributed by atoms with van der Waals surface area (Å²) in [5.41, 5.74) is 14.6. The lowest BCUT2D eigenvalue weighted by molar-refractivity contribution is 0.540. The van der Waals surface area contributed by atoms with Crippen LogP contribution in [0.15, 0.2) is 145 Å². The van der Waals surface area contributed by atoms with Crippen LogP contribution in [0.25, 0.3) is 43.8 Å². The van der Waals surface area contributed by atoms with Gasteiger partial charge in [-0.05, 0) is 62.2 Å². The molecule has 0 amide bonds. The van der Waals surface area contributed by atoms with Crippen molar-refractivity contribution in [1.82, 2.24) is 0 Å². The van der Waals surface area contributed by atoms with Crippen LogP contribution in [0.2, 0.25) is 0 Å². The van der Waals surface area contributed by atoms with Crippen LogP contribution in [0.5, 0.6) is 0 Å². The number of nitrogens with one attached hydrogen (secondary N) is 1. The molecule has 204 valence electrons. The largest absolute Gasteiger partial charge is 0.346 e. The highest BCUT2D eigenvalue weighted by Gasteiger charge is 2.61. The van der Waals surface area contributed by atoms with E-state index in [9.17, 15) is 0 Å². The van der Waals surface area contributed by atoms with Gasteiger partial charge >= 0.3 is 0 Å². The van der Waals surface area contributed by atoms with Gasteiger partial charge in [-0.3, -0.25) is 0 Å². The van der Waals surface area contributed by atoms with Gasteiger partial charge in [-0.15, -0.1) is 0 Å². The molecule has 2 aliphatic carbocycles. The summed E-state index contributed by atoms with van der Waals surface area (Å²) in [6.07, 6.45) is -0.331. The maximum absolute atomic E-state index is 5.62. The average molecular weight is 560 g/mol. The molecule has 44 heavy (non-hydrogen) atoms. The van der Waals surface area contributed by atoms with Crippen LogP contribution >= 0.6 is 0 Å². The number of hydrogen-bond donors (Lipinski definition) is 1. The molecule has 2 unspecified atom stereocenters. The second-order valence-electron chi connectivity index (χ2n) is 12.3. The molecule has 7 aromatic carbocycles. The van der Waals surface area contributed by atoms with E-state index in [-0.39, 0.29) is 6.29 Å². The highest BCUT2D eigenvalue weighted by atomic mass is 15.4. The minimum Gasteiger partial charge on any atom is -0.346 e. The van der Waals surface area contributed by atoms with Crippen molar-refractivity contribution in [3.8, 4) is 22.3 Å². The lowest BCUT2D eigenvalue weighted by Crippen LogP contribution is -2.52. The number of aliphatic imine (C=N–C) groups is 1. The van der Waals surface area contributed by atoms with Crippen LogP contribution in [-0.4, -0.2) is 12.0 Å². The Morgan fingerprint density at radius 3 is 2.30 bits per heavy atom. The van der Waals surface area contributed by atoms with Crippen molar-refractivity contribution in [1.29, 1.82) is 0 Å². The Morgan fingerprint density at radius 2 is 1.36 bits per heavy atom. The zero-order valence-corrected chi connectivity index (χ0v) is 23.8. The third-order valence-electron chi connectivity index (χ3n) is 10.3. The van der Waals surface area contributed by atoms with Gasteiger partial charge in [-0.1, -0.05) is 121 Å². The third-order valence-corrected chi connectivity index (χ3v) is 10.3. The van der Waals surface area contributed by atoms with E-state index in [0.29, 0.717) is 0 Å². The van der Waals surface area contributed by atoms with E-state index in [1.165, 1.54) is 66.2 Å². The lowest BCUT2D eigenvalue weighted by atomic mass is 9.83. The van der Waals surface area contributed by atoms with E-state index >= 15 is 0 Å². The quantitative estimate of drug-likeness (QED) is 0.229. The number of anilines is 2. The fourth-order valence-corrected chi connectivity index (χ4v) is 8.78. The molecule has 3 nitrogen and oxygen atoms in total. The smallest absolute Gasteiger partial charge is 0.198 e. The molecule has 0 bridgehead atoms. The number of fused-ring (bicyclic) bond motifs is 6. The van der Waals surface area contributed by atoms with Gasteiger partial charge in [0.25, 0.3) is 0 Å². The molecule has 3 heteroatoms. The molecule has 0 saturated heterocycles. The van der Waals surface area contributed by atoms with Crippen molar-refractivity contribution in [2.75, 3.05) is 10.2 Å². The molecule has 0 radical (unpaired) electrons. The topological polar surface area (TPSA) is 27.6 Å². The summed E-state index contributed by atoms with van der Waals surface area (Å²) in [7, 11) is 0. The van der Waals surface area contributed by atoms with E-state index < -0.39 is 5.54 Å². The van der Waals surface area contributed by atoms with E-state index in [2.05, 4.69) is 150 Å². The van der Waals surface area contributed by atoms with E-state index in [1.807, 2.05) is 0 Å².